The lowest BCUT2D eigenvalue weighted by Gasteiger charge is -2.28. The van der Waals surface area contributed by atoms with Crippen LogP contribution in [0.25, 0.3) is 44.2 Å². The fraction of sp³-hybridized carbons (Fsp3) is 0. The van der Waals surface area contributed by atoms with Crippen LogP contribution in [0.15, 0.2) is 170 Å². The number of fused-ring (bicyclic) bond motifs is 1. The fourth-order valence-corrected chi connectivity index (χ4v) is 5.67. The molecule has 0 atom stereocenters. The third-order valence-electron chi connectivity index (χ3n) is 7.78. The van der Waals surface area contributed by atoms with E-state index in [1.54, 1.807) is 0 Å². The molecule has 0 saturated heterocycles. The van der Waals surface area contributed by atoms with Gasteiger partial charge >= 0.3 is 0 Å². The molecule has 0 fully saturated rings. The Labute approximate surface area is 246 Å². The number of para-hydroxylation sites is 2. The predicted molar refractivity (Wildman–Crippen MR) is 177 cm³/mol. The van der Waals surface area contributed by atoms with Gasteiger partial charge in [0.05, 0.1) is 5.69 Å². The van der Waals surface area contributed by atoms with Crippen LogP contribution in [0, 0.1) is 0 Å². The highest BCUT2D eigenvalue weighted by atomic mass is 16.3. The smallest absolute Gasteiger partial charge is 0.131 e. The van der Waals surface area contributed by atoms with E-state index in [9.17, 15) is 5.11 Å². The minimum Gasteiger partial charge on any atom is -0.507 e. The lowest BCUT2D eigenvalue weighted by molar-refractivity contribution is 0.483. The van der Waals surface area contributed by atoms with Crippen LogP contribution in [0.1, 0.15) is 0 Å². The molecule has 7 rings (SSSR count). The van der Waals surface area contributed by atoms with Gasteiger partial charge in [-0.3, -0.25) is 0 Å². The van der Waals surface area contributed by atoms with E-state index in [2.05, 4.69) is 126 Å². The normalized spacial score (nSPS) is 11.0. The highest BCUT2D eigenvalue weighted by Crippen LogP contribution is 2.44. The lowest BCUT2D eigenvalue weighted by atomic mass is 9.93. The molecule has 0 saturated carbocycles. The van der Waals surface area contributed by atoms with Gasteiger partial charge in [-0.1, -0.05) is 133 Å². The average Bonchev–Trinajstić information content (AvgIpc) is 3.07. The van der Waals surface area contributed by atoms with E-state index in [4.69, 9.17) is 0 Å². The van der Waals surface area contributed by atoms with Gasteiger partial charge in [-0.05, 0) is 64.0 Å². The molecule has 7 aromatic rings. The number of rotatable bonds is 6. The standard InChI is InChI=1S/C40H29NO/c42-40-36-19-11-10-14-31(36)24-26-37(40)33-25-27-39(41(34-15-6-2-7-16-34)35-17-8-3-9-18-35)38(28-33)32-22-20-30(21-23-32)29-12-4-1-5-13-29/h1-28,42H. The Balaban J connectivity index is 1.43. The molecule has 7 aromatic carbocycles. The summed E-state index contributed by atoms with van der Waals surface area (Å²) in [7, 11) is 0. The Morgan fingerprint density at radius 2 is 0.905 bits per heavy atom. The molecule has 0 unspecified atom stereocenters. The Bertz CT molecular complexity index is 1930. The second kappa shape index (κ2) is 11.1. The monoisotopic (exact) mass is 539 g/mol. The van der Waals surface area contributed by atoms with Crippen molar-refractivity contribution in [1.82, 2.24) is 0 Å². The molecule has 0 spiro atoms. The van der Waals surface area contributed by atoms with Crippen molar-refractivity contribution in [1.29, 1.82) is 0 Å². The van der Waals surface area contributed by atoms with Gasteiger partial charge in [0.25, 0.3) is 0 Å². The maximum Gasteiger partial charge on any atom is 0.131 e. The number of benzene rings is 7. The molecule has 0 aliphatic rings. The van der Waals surface area contributed by atoms with Crippen LogP contribution in [0.2, 0.25) is 0 Å². The van der Waals surface area contributed by atoms with Crippen LogP contribution < -0.4 is 4.90 Å². The van der Waals surface area contributed by atoms with Crippen LogP contribution >= 0.6 is 0 Å². The van der Waals surface area contributed by atoms with Crippen molar-refractivity contribution in [3.05, 3.63) is 170 Å². The van der Waals surface area contributed by atoms with Gasteiger partial charge in [-0.15, -0.1) is 0 Å². The van der Waals surface area contributed by atoms with E-state index >= 15 is 0 Å². The first-order valence-electron chi connectivity index (χ1n) is 14.2. The first-order valence-corrected chi connectivity index (χ1v) is 14.2. The Morgan fingerprint density at radius 1 is 0.381 bits per heavy atom. The second-order valence-electron chi connectivity index (χ2n) is 10.4. The van der Waals surface area contributed by atoms with Crippen LogP contribution in [0.5, 0.6) is 5.75 Å². The summed E-state index contributed by atoms with van der Waals surface area (Å²) in [6, 6.07) is 58.7. The Morgan fingerprint density at radius 3 is 1.57 bits per heavy atom. The predicted octanol–water partition coefficient (Wildman–Crippen LogP) is 11.0. The van der Waals surface area contributed by atoms with Crippen molar-refractivity contribution < 1.29 is 5.11 Å². The number of phenolic OH excluding ortho intramolecular Hbond substituents is 1. The average molecular weight is 540 g/mol. The second-order valence-corrected chi connectivity index (χ2v) is 10.4. The SMILES string of the molecule is Oc1c(-c2ccc(N(c3ccccc3)c3ccccc3)c(-c3ccc(-c4ccccc4)cc3)c2)ccc2ccccc12. The molecular weight excluding hydrogens is 510 g/mol. The largest absolute Gasteiger partial charge is 0.507 e. The molecule has 2 heteroatoms. The first-order chi connectivity index (χ1) is 20.8. The van der Waals surface area contributed by atoms with Crippen molar-refractivity contribution in [3.8, 4) is 39.1 Å². The number of aromatic hydroxyl groups is 1. The summed E-state index contributed by atoms with van der Waals surface area (Å²) >= 11 is 0. The van der Waals surface area contributed by atoms with Crippen molar-refractivity contribution >= 4 is 27.8 Å². The van der Waals surface area contributed by atoms with Crippen molar-refractivity contribution in [3.63, 3.8) is 0 Å². The zero-order valence-electron chi connectivity index (χ0n) is 23.1. The molecule has 0 amide bonds. The molecule has 0 aliphatic carbocycles. The van der Waals surface area contributed by atoms with Gasteiger partial charge in [-0.2, -0.15) is 0 Å². The number of hydrogen-bond acceptors (Lipinski definition) is 2. The number of anilines is 3. The highest BCUT2D eigenvalue weighted by Gasteiger charge is 2.19. The third kappa shape index (κ3) is 4.80. The molecule has 0 heterocycles. The van der Waals surface area contributed by atoms with Crippen molar-refractivity contribution in [2.24, 2.45) is 0 Å². The van der Waals surface area contributed by atoms with Gasteiger partial charge in [0.1, 0.15) is 5.75 Å². The van der Waals surface area contributed by atoms with E-state index in [1.807, 2.05) is 48.5 Å². The van der Waals surface area contributed by atoms with E-state index in [0.717, 1.165) is 50.1 Å². The molecule has 200 valence electrons. The minimum absolute atomic E-state index is 0.300. The third-order valence-corrected chi connectivity index (χ3v) is 7.78. The summed E-state index contributed by atoms with van der Waals surface area (Å²) in [5, 5.41) is 13.2. The highest BCUT2D eigenvalue weighted by molar-refractivity contribution is 5.97. The van der Waals surface area contributed by atoms with E-state index in [-0.39, 0.29) is 0 Å². The van der Waals surface area contributed by atoms with E-state index < -0.39 is 0 Å². The molecule has 0 bridgehead atoms. The first kappa shape index (κ1) is 25.4. The fourth-order valence-electron chi connectivity index (χ4n) is 5.67. The number of phenols is 1. The van der Waals surface area contributed by atoms with Crippen molar-refractivity contribution in [2.75, 3.05) is 4.90 Å². The lowest BCUT2D eigenvalue weighted by Crippen LogP contribution is -2.11. The summed E-state index contributed by atoms with van der Waals surface area (Å²) < 4.78 is 0. The van der Waals surface area contributed by atoms with Crippen LogP contribution in [-0.2, 0) is 0 Å². The van der Waals surface area contributed by atoms with Crippen LogP contribution in [-0.4, -0.2) is 5.11 Å². The van der Waals surface area contributed by atoms with E-state index in [0.29, 0.717) is 5.75 Å². The molecule has 42 heavy (non-hydrogen) atoms. The summed E-state index contributed by atoms with van der Waals surface area (Å²) in [5.41, 5.74) is 9.53. The van der Waals surface area contributed by atoms with Crippen molar-refractivity contribution in [2.45, 2.75) is 0 Å². The number of hydrogen-bond donors (Lipinski definition) is 1. The topological polar surface area (TPSA) is 23.5 Å². The Hall–Kier alpha value is -5.60. The van der Waals surface area contributed by atoms with Gasteiger partial charge in [0, 0.05) is 27.9 Å². The molecular formula is C40H29NO. The summed E-state index contributed by atoms with van der Waals surface area (Å²) in [4.78, 5) is 2.30. The maximum atomic E-state index is 11.4. The summed E-state index contributed by atoms with van der Waals surface area (Å²) in [6.07, 6.45) is 0. The van der Waals surface area contributed by atoms with Gasteiger partial charge in [0.15, 0.2) is 0 Å². The summed E-state index contributed by atoms with van der Waals surface area (Å²) in [6.45, 7) is 0. The number of nitrogens with zero attached hydrogens (tertiary/aromatic N) is 1. The van der Waals surface area contributed by atoms with Crippen LogP contribution in [0.4, 0.5) is 17.1 Å². The summed E-state index contributed by atoms with van der Waals surface area (Å²) in [5.74, 6) is 0.300. The van der Waals surface area contributed by atoms with Gasteiger partial charge in [-0.25, -0.2) is 0 Å². The molecule has 0 aromatic heterocycles. The quantitative estimate of drug-likeness (QED) is 0.227. The van der Waals surface area contributed by atoms with E-state index in [1.165, 1.54) is 11.1 Å². The Kier molecular flexibility index (Phi) is 6.71. The van der Waals surface area contributed by atoms with Gasteiger partial charge in [0.2, 0.25) is 0 Å². The molecule has 2 nitrogen and oxygen atoms in total. The van der Waals surface area contributed by atoms with Gasteiger partial charge < -0.3 is 10.0 Å². The molecule has 0 aliphatic heterocycles. The zero-order valence-corrected chi connectivity index (χ0v) is 23.1. The maximum absolute atomic E-state index is 11.4. The zero-order chi connectivity index (χ0) is 28.3. The minimum atomic E-state index is 0.300. The molecule has 1 N–H and O–H groups in total. The molecule has 0 radical (unpaired) electrons. The van der Waals surface area contributed by atoms with Crippen LogP contribution in [0.3, 0.4) is 0 Å².